The Bertz CT molecular complexity index is 1420. The Morgan fingerprint density at radius 2 is 2.09 bits per heavy atom. The minimum atomic E-state index is -0.109. The van der Waals surface area contributed by atoms with E-state index < -0.39 is 0 Å². The Hall–Kier alpha value is -3.46. The average molecular weight is 445 g/mol. The van der Waals surface area contributed by atoms with Crippen molar-refractivity contribution < 1.29 is 0 Å². The van der Waals surface area contributed by atoms with Gasteiger partial charge in [-0.15, -0.1) is 0 Å². The lowest BCUT2D eigenvalue weighted by Gasteiger charge is -2.33. The van der Waals surface area contributed by atoms with Crippen molar-refractivity contribution in [3.05, 3.63) is 58.1 Å². The summed E-state index contributed by atoms with van der Waals surface area (Å²) in [5.74, 6) is 1.15. The molecule has 0 atom stereocenters. The normalized spacial score (nSPS) is 17.3. The quantitative estimate of drug-likeness (QED) is 0.491. The number of fused-ring (bicyclic) bond motifs is 2. The number of aromatic nitrogens is 6. The number of benzene rings is 1. The van der Waals surface area contributed by atoms with Gasteiger partial charge in [0.2, 0.25) is 5.95 Å². The van der Waals surface area contributed by atoms with Crippen LogP contribution in [0, 0.1) is 0 Å². The molecule has 4 heterocycles. The van der Waals surface area contributed by atoms with Crippen molar-refractivity contribution in [2.45, 2.75) is 58.2 Å². The number of nitrogens with zero attached hydrogens (tertiary/aromatic N) is 6. The van der Waals surface area contributed by atoms with Crippen molar-refractivity contribution >= 4 is 22.7 Å². The van der Waals surface area contributed by atoms with Crippen molar-refractivity contribution in [2.75, 3.05) is 11.9 Å². The number of rotatable bonds is 5. The molecule has 6 rings (SSSR count). The van der Waals surface area contributed by atoms with E-state index in [0.29, 0.717) is 35.4 Å². The fourth-order valence-electron chi connectivity index (χ4n) is 4.80. The molecule has 170 valence electrons. The van der Waals surface area contributed by atoms with E-state index in [9.17, 15) is 4.79 Å². The number of hydrogen-bond acceptors (Lipinski definition) is 6. The number of hydrogen-bond donors (Lipinski definition) is 2. The van der Waals surface area contributed by atoms with Crippen LogP contribution < -0.4 is 16.2 Å². The SMILES string of the molecule is CCn1c(=O)c2cnc(Nc3ccc4c(c3)CNCC4(C)C)nc2n1-c1ccn(C2CC2)n1. The van der Waals surface area contributed by atoms with E-state index in [1.807, 2.05) is 28.6 Å². The minimum Gasteiger partial charge on any atom is -0.324 e. The van der Waals surface area contributed by atoms with Gasteiger partial charge in [0.05, 0.1) is 6.04 Å². The highest BCUT2D eigenvalue weighted by Gasteiger charge is 2.27. The van der Waals surface area contributed by atoms with Crippen molar-refractivity contribution in [3.63, 3.8) is 0 Å². The second-order valence-electron chi connectivity index (χ2n) is 9.63. The summed E-state index contributed by atoms with van der Waals surface area (Å²) in [6.45, 7) is 8.78. The van der Waals surface area contributed by atoms with Crippen LogP contribution in [0.15, 0.2) is 41.5 Å². The van der Waals surface area contributed by atoms with Gasteiger partial charge < -0.3 is 10.6 Å². The molecule has 1 aliphatic carbocycles. The molecule has 1 fully saturated rings. The summed E-state index contributed by atoms with van der Waals surface area (Å²) in [5.41, 5.74) is 4.11. The van der Waals surface area contributed by atoms with Crippen LogP contribution in [0.25, 0.3) is 16.9 Å². The van der Waals surface area contributed by atoms with Gasteiger partial charge in [0.1, 0.15) is 5.39 Å². The summed E-state index contributed by atoms with van der Waals surface area (Å²) in [7, 11) is 0. The lowest BCUT2D eigenvalue weighted by molar-refractivity contribution is 0.435. The van der Waals surface area contributed by atoms with E-state index in [2.05, 4.69) is 47.7 Å². The Morgan fingerprint density at radius 3 is 2.88 bits per heavy atom. The summed E-state index contributed by atoms with van der Waals surface area (Å²) >= 11 is 0. The maximum Gasteiger partial charge on any atom is 0.278 e. The second kappa shape index (κ2) is 7.28. The van der Waals surface area contributed by atoms with Crippen LogP contribution in [-0.2, 0) is 18.5 Å². The topological polar surface area (TPSA) is 94.6 Å². The molecule has 33 heavy (non-hydrogen) atoms. The molecule has 4 aromatic rings. The predicted molar refractivity (Wildman–Crippen MR) is 127 cm³/mol. The average Bonchev–Trinajstić information content (AvgIpc) is 3.46. The largest absolute Gasteiger partial charge is 0.324 e. The van der Waals surface area contributed by atoms with Crippen LogP contribution in [0.3, 0.4) is 0 Å². The smallest absolute Gasteiger partial charge is 0.278 e. The molecule has 2 aliphatic rings. The number of anilines is 2. The van der Waals surface area contributed by atoms with E-state index in [-0.39, 0.29) is 11.0 Å². The van der Waals surface area contributed by atoms with E-state index in [1.54, 1.807) is 10.9 Å². The molecule has 0 spiro atoms. The fourth-order valence-corrected chi connectivity index (χ4v) is 4.80. The molecule has 0 saturated heterocycles. The predicted octanol–water partition coefficient (Wildman–Crippen LogP) is 3.26. The Morgan fingerprint density at radius 1 is 1.24 bits per heavy atom. The number of nitrogens with one attached hydrogen (secondary N) is 2. The van der Waals surface area contributed by atoms with E-state index in [0.717, 1.165) is 31.6 Å². The molecule has 0 radical (unpaired) electrons. The monoisotopic (exact) mass is 444 g/mol. The molecule has 9 heteroatoms. The Labute approximate surface area is 191 Å². The summed E-state index contributed by atoms with van der Waals surface area (Å²) in [6.07, 6.45) is 5.89. The molecule has 9 nitrogen and oxygen atoms in total. The summed E-state index contributed by atoms with van der Waals surface area (Å²) < 4.78 is 5.45. The molecule has 0 unspecified atom stereocenters. The second-order valence-corrected chi connectivity index (χ2v) is 9.63. The van der Waals surface area contributed by atoms with Crippen LogP contribution in [0.1, 0.15) is 50.8 Å². The van der Waals surface area contributed by atoms with Gasteiger partial charge in [-0.05, 0) is 43.0 Å². The molecular formula is C24H28N8O. The van der Waals surface area contributed by atoms with Gasteiger partial charge in [-0.3, -0.25) is 9.48 Å². The molecule has 2 N–H and O–H groups in total. The van der Waals surface area contributed by atoms with Crippen molar-refractivity contribution in [3.8, 4) is 5.82 Å². The molecular weight excluding hydrogens is 416 g/mol. The standard InChI is InChI=1S/C24H28N8O/c1-4-31-22(33)18-13-26-23(27-16-5-8-19-15(11-16)12-25-14-24(19,2)3)28-21(18)32(31)20-9-10-30(29-20)17-6-7-17/h5,8-11,13,17,25H,4,6-7,12,14H2,1-3H3,(H,26,27,28). The lowest BCUT2D eigenvalue weighted by atomic mass is 9.79. The Balaban J connectivity index is 1.40. The van der Waals surface area contributed by atoms with Crippen LogP contribution in [0.2, 0.25) is 0 Å². The van der Waals surface area contributed by atoms with Gasteiger partial charge in [0.25, 0.3) is 5.56 Å². The van der Waals surface area contributed by atoms with Crippen LogP contribution in [0.5, 0.6) is 0 Å². The van der Waals surface area contributed by atoms with Crippen LogP contribution in [0.4, 0.5) is 11.6 Å². The van der Waals surface area contributed by atoms with E-state index in [1.165, 1.54) is 11.1 Å². The Kier molecular flexibility index (Phi) is 4.45. The fraction of sp³-hybridized carbons (Fsp3) is 0.417. The first kappa shape index (κ1) is 20.2. The van der Waals surface area contributed by atoms with Gasteiger partial charge in [-0.1, -0.05) is 19.9 Å². The maximum absolute atomic E-state index is 13.0. The third-order valence-electron chi connectivity index (χ3n) is 6.68. The molecule has 1 aliphatic heterocycles. The molecule has 0 amide bonds. The summed E-state index contributed by atoms with van der Waals surface area (Å²) in [4.78, 5) is 22.2. The summed E-state index contributed by atoms with van der Waals surface area (Å²) in [5, 5.41) is 12.0. The van der Waals surface area contributed by atoms with Gasteiger partial charge >= 0.3 is 0 Å². The highest BCUT2D eigenvalue weighted by molar-refractivity contribution is 5.77. The molecule has 0 bridgehead atoms. The molecule has 1 aromatic carbocycles. The third kappa shape index (κ3) is 3.34. The van der Waals surface area contributed by atoms with Crippen LogP contribution in [-0.4, -0.2) is 35.7 Å². The zero-order valence-electron chi connectivity index (χ0n) is 19.2. The van der Waals surface area contributed by atoms with Crippen molar-refractivity contribution in [2.24, 2.45) is 0 Å². The van der Waals surface area contributed by atoms with Gasteiger partial charge in [0.15, 0.2) is 11.5 Å². The van der Waals surface area contributed by atoms with E-state index >= 15 is 0 Å². The highest BCUT2D eigenvalue weighted by Crippen LogP contribution is 2.34. The first-order chi connectivity index (χ1) is 15.9. The zero-order chi connectivity index (χ0) is 22.7. The zero-order valence-corrected chi connectivity index (χ0v) is 19.2. The van der Waals surface area contributed by atoms with Crippen molar-refractivity contribution in [1.82, 2.24) is 34.4 Å². The van der Waals surface area contributed by atoms with Crippen molar-refractivity contribution in [1.29, 1.82) is 0 Å². The lowest BCUT2D eigenvalue weighted by Crippen LogP contribution is -2.38. The molecule has 3 aromatic heterocycles. The maximum atomic E-state index is 13.0. The van der Waals surface area contributed by atoms with Gasteiger partial charge in [0, 0.05) is 49.2 Å². The highest BCUT2D eigenvalue weighted by atomic mass is 16.1. The van der Waals surface area contributed by atoms with Gasteiger partial charge in [-0.2, -0.15) is 10.1 Å². The van der Waals surface area contributed by atoms with E-state index in [4.69, 9.17) is 10.1 Å². The third-order valence-corrected chi connectivity index (χ3v) is 6.68. The first-order valence-corrected chi connectivity index (χ1v) is 11.6. The minimum absolute atomic E-state index is 0.102. The van der Waals surface area contributed by atoms with Crippen LogP contribution >= 0.6 is 0 Å². The summed E-state index contributed by atoms with van der Waals surface area (Å²) in [6, 6.07) is 8.82. The van der Waals surface area contributed by atoms with Gasteiger partial charge in [-0.25, -0.2) is 14.3 Å². The first-order valence-electron chi connectivity index (χ1n) is 11.6. The molecule has 1 saturated carbocycles.